The van der Waals surface area contributed by atoms with Crippen LogP contribution in [0.4, 0.5) is 0 Å². The molecule has 0 aliphatic rings. The quantitative estimate of drug-likeness (QED) is 0.487. The van der Waals surface area contributed by atoms with Crippen molar-refractivity contribution in [3.63, 3.8) is 0 Å². The molecule has 4 aromatic rings. The lowest BCUT2D eigenvalue weighted by Gasteiger charge is -2.27. The van der Waals surface area contributed by atoms with Gasteiger partial charge in [0.05, 0.1) is 6.04 Å². The Bertz CT molecular complexity index is 1310. The average molecular weight is 412 g/mol. The van der Waals surface area contributed by atoms with Gasteiger partial charge in [-0.15, -0.1) is 0 Å². The van der Waals surface area contributed by atoms with E-state index in [0.717, 1.165) is 22.3 Å². The van der Waals surface area contributed by atoms with Crippen LogP contribution in [0.5, 0.6) is 0 Å². The van der Waals surface area contributed by atoms with Crippen LogP contribution in [-0.2, 0) is 7.05 Å². The molecule has 0 radical (unpaired) electrons. The highest BCUT2D eigenvalue weighted by molar-refractivity contribution is 6.07. The van der Waals surface area contributed by atoms with Gasteiger partial charge in [0.2, 0.25) is 0 Å². The molecule has 156 valence electrons. The van der Waals surface area contributed by atoms with Crippen molar-refractivity contribution < 1.29 is 4.79 Å². The summed E-state index contributed by atoms with van der Waals surface area (Å²) in [7, 11) is 3.42. The molecule has 0 spiro atoms. The van der Waals surface area contributed by atoms with E-state index in [9.17, 15) is 9.59 Å². The zero-order chi connectivity index (χ0) is 22.1. The summed E-state index contributed by atoms with van der Waals surface area (Å²) >= 11 is 0. The Labute approximate surface area is 181 Å². The minimum atomic E-state index is -0.282. The van der Waals surface area contributed by atoms with Crippen molar-refractivity contribution in [3.05, 3.63) is 100 Å². The molecule has 0 fully saturated rings. The van der Waals surface area contributed by atoms with Crippen molar-refractivity contribution in [2.75, 3.05) is 7.05 Å². The molecular weight excluding hydrogens is 386 g/mol. The number of carbonyl (C=O) groups excluding carboxylic acids is 1. The number of nitrogens with zero attached hydrogens (tertiary/aromatic N) is 3. The first-order valence-electron chi connectivity index (χ1n) is 10.3. The minimum Gasteiger partial charge on any atom is -0.334 e. The van der Waals surface area contributed by atoms with E-state index in [4.69, 9.17) is 0 Å². The van der Waals surface area contributed by atoms with Gasteiger partial charge < -0.3 is 9.47 Å². The zero-order valence-electron chi connectivity index (χ0n) is 18.2. The number of amides is 1. The highest BCUT2D eigenvalue weighted by Crippen LogP contribution is 2.32. The number of rotatable bonds is 4. The predicted molar refractivity (Wildman–Crippen MR) is 124 cm³/mol. The zero-order valence-corrected chi connectivity index (χ0v) is 18.2. The van der Waals surface area contributed by atoms with Gasteiger partial charge >= 0.3 is 0 Å². The molecule has 31 heavy (non-hydrogen) atoms. The summed E-state index contributed by atoms with van der Waals surface area (Å²) in [6.45, 7) is 4.01. The molecule has 0 saturated heterocycles. The third-order valence-corrected chi connectivity index (χ3v) is 5.88. The van der Waals surface area contributed by atoms with Crippen molar-refractivity contribution >= 4 is 16.8 Å². The minimum absolute atomic E-state index is 0.153. The molecule has 0 bridgehead atoms. The molecule has 4 rings (SSSR count). The Kier molecular flexibility index (Phi) is 5.42. The van der Waals surface area contributed by atoms with Gasteiger partial charge in [-0.2, -0.15) is 0 Å². The number of carbonyl (C=O) groups is 1. The fraction of sp³-hybridized carbons (Fsp3) is 0.192. The van der Waals surface area contributed by atoms with Gasteiger partial charge in [0.1, 0.15) is 11.2 Å². The highest BCUT2D eigenvalue weighted by atomic mass is 16.2. The van der Waals surface area contributed by atoms with Gasteiger partial charge in [0.25, 0.3) is 11.5 Å². The second-order valence-corrected chi connectivity index (χ2v) is 7.86. The van der Waals surface area contributed by atoms with Gasteiger partial charge in [0, 0.05) is 31.2 Å². The molecule has 1 atom stereocenters. The molecule has 2 heterocycles. The van der Waals surface area contributed by atoms with Crippen LogP contribution >= 0.6 is 0 Å². The fourth-order valence-corrected chi connectivity index (χ4v) is 3.89. The Balaban J connectivity index is 1.95. The molecule has 5 heteroatoms. The van der Waals surface area contributed by atoms with Crippen LogP contribution in [0.1, 0.15) is 34.6 Å². The molecule has 0 aliphatic carbocycles. The standard InChI is InChI=1S/C26H25N3O2/c1-17-12-14-20(15-13-17)22-21-11-8-16-27-23(21)25(30)29(4)24(22)26(31)28(3)18(2)19-9-6-5-7-10-19/h5-16,18H,1-4H3. The van der Waals surface area contributed by atoms with Gasteiger partial charge in [0.15, 0.2) is 0 Å². The maximum absolute atomic E-state index is 13.8. The summed E-state index contributed by atoms with van der Waals surface area (Å²) in [5.41, 5.74) is 4.19. The first kappa shape index (κ1) is 20.5. The third kappa shape index (κ3) is 3.63. The van der Waals surface area contributed by atoms with Crippen LogP contribution in [-0.4, -0.2) is 27.4 Å². The van der Waals surface area contributed by atoms with Crippen molar-refractivity contribution in [1.82, 2.24) is 14.5 Å². The first-order valence-corrected chi connectivity index (χ1v) is 10.3. The molecule has 5 nitrogen and oxygen atoms in total. The van der Waals surface area contributed by atoms with Crippen LogP contribution in [0.15, 0.2) is 77.7 Å². The highest BCUT2D eigenvalue weighted by Gasteiger charge is 2.27. The Morgan fingerprint density at radius 2 is 1.68 bits per heavy atom. The predicted octanol–water partition coefficient (Wildman–Crippen LogP) is 4.74. The largest absolute Gasteiger partial charge is 0.334 e. The van der Waals surface area contributed by atoms with E-state index in [1.807, 2.05) is 74.5 Å². The molecule has 2 aromatic heterocycles. The molecular formula is C26H25N3O2. The van der Waals surface area contributed by atoms with Gasteiger partial charge in [-0.25, -0.2) is 0 Å². The van der Waals surface area contributed by atoms with E-state index >= 15 is 0 Å². The van der Waals surface area contributed by atoms with Crippen LogP contribution in [0.2, 0.25) is 0 Å². The maximum Gasteiger partial charge on any atom is 0.277 e. The normalized spacial score (nSPS) is 12.0. The summed E-state index contributed by atoms with van der Waals surface area (Å²) in [4.78, 5) is 32.9. The summed E-state index contributed by atoms with van der Waals surface area (Å²) < 4.78 is 1.43. The third-order valence-electron chi connectivity index (χ3n) is 5.88. The molecule has 0 aliphatic heterocycles. The Hall–Kier alpha value is -3.73. The molecule has 0 saturated carbocycles. The van der Waals surface area contributed by atoms with E-state index < -0.39 is 0 Å². The smallest absolute Gasteiger partial charge is 0.277 e. The second kappa shape index (κ2) is 8.19. The van der Waals surface area contributed by atoms with E-state index in [0.29, 0.717) is 16.6 Å². The lowest BCUT2D eigenvalue weighted by Crippen LogP contribution is -2.35. The average Bonchev–Trinajstić information content (AvgIpc) is 2.81. The Morgan fingerprint density at radius 3 is 2.35 bits per heavy atom. The van der Waals surface area contributed by atoms with Crippen molar-refractivity contribution in [1.29, 1.82) is 0 Å². The molecule has 0 N–H and O–H groups in total. The van der Waals surface area contributed by atoms with E-state index in [2.05, 4.69) is 4.98 Å². The molecule has 2 aromatic carbocycles. The SMILES string of the molecule is Cc1ccc(-c2c(C(=O)N(C)C(C)c3ccccc3)n(C)c(=O)c3ncccc23)cc1. The maximum atomic E-state index is 13.8. The van der Waals surface area contributed by atoms with Crippen LogP contribution in [0.3, 0.4) is 0 Å². The summed E-state index contributed by atoms with van der Waals surface area (Å²) in [5.74, 6) is -0.211. The lowest BCUT2D eigenvalue weighted by molar-refractivity contribution is 0.0732. The number of fused-ring (bicyclic) bond motifs is 1. The fourth-order valence-electron chi connectivity index (χ4n) is 3.89. The number of benzene rings is 2. The van der Waals surface area contributed by atoms with Crippen LogP contribution < -0.4 is 5.56 Å². The topological polar surface area (TPSA) is 55.2 Å². The van der Waals surface area contributed by atoms with Gasteiger partial charge in [-0.05, 0) is 31.0 Å². The van der Waals surface area contributed by atoms with Crippen molar-refractivity contribution in [3.8, 4) is 11.1 Å². The van der Waals surface area contributed by atoms with Crippen molar-refractivity contribution in [2.45, 2.75) is 19.9 Å². The monoisotopic (exact) mass is 411 g/mol. The number of hydrogen-bond acceptors (Lipinski definition) is 3. The number of hydrogen-bond donors (Lipinski definition) is 0. The van der Waals surface area contributed by atoms with E-state index in [1.165, 1.54) is 4.57 Å². The van der Waals surface area contributed by atoms with Gasteiger partial charge in [-0.3, -0.25) is 14.6 Å². The van der Waals surface area contributed by atoms with E-state index in [1.54, 1.807) is 31.3 Å². The van der Waals surface area contributed by atoms with Crippen LogP contribution in [0, 0.1) is 6.92 Å². The summed E-state index contributed by atoms with van der Waals surface area (Å²) in [6, 6.07) is 21.3. The molecule has 1 amide bonds. The second-order valence-electron chi connectivity index (χ2n) is 7.86. The number of aromatic nitrogens is 2. The molecule has 1 unspecified atom stereocenters. The number of aryl methyl sites for hydroxylation is 1. The number of pyridine rings is 2. The summed E-state index contributed by atoms with van der Waals surface area (Å²) in [5, 5.41) is 0.679. The Morgan fingerprint density at radius 1 is 1.00 bits per heavy atom. The van der Waals surface area contributed by atoms with E-state index in [-0.39, 0.29) is 17.5 Å². The lowest BCUT2D eigenvalue weighted by atomic mass is 9.96. The van der Waals surface area contributed by atoms with Crippen LogP contribution in [0.25, 0.3) is 22.0 Å². The van der Waals surface area contributed by atoms with Crippen molar-refractivity contribution in [2.24, 2.45) is 7.05 Å². The van der Waals surface area contributed by atoms with Gasteiger partial charge in [-0.1, -0.05) is 66.2 Å². The first-order chi connectivity index (χ1) is 14.9. The summed E-state index contributed by atoms with van der Waals surface area (Å²) in [6.07, 6.45) is 1.60.